The van der Waals surface area contributed by atoms with E-state index in [4.69, 9.17) is 5.73 Å². The number of hydrogen-bond donors (Lipinski definition) is 4. The Hall–Kier alpha value is -5.01. The topological polar surface area (TPSA) is 175 Å². The summed E-state index contributed by atoms with van der Waals surface area (Å²) in [6, 6.07) is 10.6. The second kappa shape index (κ2) is 11.6. The highest BCUT2D eigenvalue weighted by Crippen LogP contribution is 2.28. The van der Waals surface area contributed by atoms with Crippen molar-refractivity contribution in [1.82, 2.24) is 5.32 Å². The fourth-order valence-corrected chi connectivity index (χ4v) is 4.38. The molecule has 2 heterocycles. The van der Waals surface area contributed by atoms with Crippen LogP contribution in [0.5, 0.6) is 5.75 Å². The van der Waals surface area contributed by atoms with Gasteiger partial charge in [-0.25, -0.2) is 4.99 Å². The normalized spacial score (nSPS) is 18.9. The molecule has 0 saturated heterocycles. The van der Waals surface area contributed by atoms with Crippen LogP contribution in [-0.4, -0.2) is 64.8 Å². The lowest BCUT2D eigenvalue weighted by molar-refractivity contribution is -0.170. The number of nitrogens with zero attached hydrogens (tertiary/aromatic N) is 3. The standard InChI is InChI=1S/C27H24F3N5O6/c28-27(29,30)25(41)35(13-15-10-20-22(32-12-15)33-26(31)34-23(20)38)18-5-3-16(4-6-18)21(37)11-17(24(39)40)9-14-1-7-19(36)8-2-14/h1-8,10,12,17,20,22,36H,9,11,13H2,(H,39,40)(H3,31,33,34,38). The zero-order chi connectivity index (χ0) is 29.9. The molecular weight excluding hydrogens is 547 g/mol. The molecule has 0 radical (unpaired) electrons. The lowest BCUT2D eigenvalue weighted by Gasteiger charge is -2.29. The number of nitrogens with one attached hydrogen (secondary N) is 1. The van der Waals surface area contributed by atoms with Gasteiger partial charge in [-0.15, -0.1) is 0 Å². The van der Waals surface area contributed by atoms with Crippen LogP contribution >= 0.6 is 0 Å². The SMILES string of the molecule is NC1=NC2N=CC(CN(C(=O)C(F)(F)F)c3ccc(C(=O)CC(Cc4ccc(O)cc4)C(=O)O)cc3)=CC2C(=O)N1. The summed E-state index contributed by atoms with van der Waals surface area (Å²) in [6.45, 7) is -0.585. The summed E-state index contributed by atoms with van der Waals surface area (Å²) >= 11 is 0. The number of aliphatic carboxylic acids is 1. The van der Waals surface area contributed by atoms with Crippen LogP contribution in [0, 0.1) is 11.8 Å². The van der Waals surface area contributed by atoms with Crippen LogP contribution in [-0.2, 0) is 20.8 Å². The second-order valence-electron chi connectivity index (χ2n) is 9.43. The first-order valence-electron chi connectivity index (χ1n) is 12.2. The molecule has 0 aromatic heterocycles. The van der Waals surface area contributed by atoms with Crippen molar-refractivity contribution >= 4 is 41.4 Å². The number of carboxylic acid groups (broad SMARTS) is 1. The molecule has 5 N–H and O–H groups in total. The van der Waals surface area contributed by atoms with Crippen LogP contribution in [0.3, 0.4) is 0 Å². The molecule has 0 fully saturated rings. The van der Waals surface area contributed by atoms with Crippen molar-refractivity contribution in [3.8, 4) is 5.75 Å². The summed E-state index contributed by atoms with van der Waals surface area (Å²) in [4.78, 5) is 57.6. The molecule has 0 aliphatic carbocycles. The number of anilines is 1. The lowest BCUT2D eigenvalue weighted by atomic mass is 9.92. The Morgan fingerprint density at radius 3 is 2.34 bits per heavy atom. The number of ketones is 1. The van der Waals surface area contributed by atoms with Crippen molar-refractivity contribution in [2.45, 2.75) is 25.2 Å². The predicted molar refractivity (Wildman–Crippen MR) is 140 cm³/mol. The van der Waals surface area contributed by atoms with Gasteiger partial charge < -0.3 is 20.8 Å². The zero-order valence-corrected chi connectivity index (χ0v) is 21.2. The highest BCUT2D eigenvalue weighted by molar-refractivity contribution is 6.03. The number of carbonyl (C=O) groups excluding carboxylic acids is 3. The maximum atomic E-state index is 13.5. The number of Topliss-reactive ketones (excluding diaryl/α,β-unsaturated/α-hetero) is 1. The van der Waals surface area contributed by atoms with Gasteiger partial charge in [0.05, 0.1) is 18.4 Å². The van der Waals surface area contributed by atoms with Crippen LogP contribution in [0.2, 0.25) is 0 Å². The number of amides is 2. The number of nitrogens with two attached hydrogens (primary N) is 1. The van der Waals surface area contributed by atoms with E-state index in [1.807, 2.05) is 0 Å². The minimum absolute atomic E-state index is 0.00456. The number of carbonyl (C=O) groups is 4. The molecule has 2 aromatic rings. The van der Waals surface area contributed by atoms with Crippen molar-refractivity contribution < 1.29 is 42.6 Å². The van der Waals surface area contributed by atoms with E-state index in [2.05, 4.69) is 15.3 Å². The monoisotopic (exact) mass is 571 g/mol. The Balaban J connectivity index is 1.52. The molecule has 0 spiro atoms. The molecule has 2 aliphatic rings. The first-order chi connectivity index (χ1) is 19.3. The Labute approximate surface area is 230 Å². The van der Waals surface area contributed by atoms with Crippen LogP contribution in [0.15, 0.2) is 70.2 Å². The molecule has 41 heavy (non-hydrogen) atoms. The first kappa shape index (κ1) is 29.0. The molecule has 3 unspecified atom stereocenters. The number of carboxylic acids is 1. The third-order valence-electron chi connectivity index (χ3n) is 6.46. The number of guanidine groups is 1. The van der Waals surface area contributed by atoms with E-state index in [9.17, 15) is 42.6 Å². The number of phenols is 1. The average Bonchev–Trinajstić information content (AvgIpc) is 2.92. The molecule has 0 saturated carbocycles. The average molecular weight is 572 g/mol. The van der Waals surface area contributed by atoms with Gasteiger partial charge in [0.2, 0.25) is 5.91 Å². The number of phenolic OH excluding ortho intramolecular Hbond substituents is 1. The lowest BCUT2D eigenvalue weighted by Crippen LogP contribution is -2.49. The van der Waals surface area contributed by atoms with Gasteiger partial charge in [0.1, 0.15) is 5.75 Å². The highest BCUT2D eigenvalue weighted by Gasteiger charge is 2.43. The number of benzene rings is 2. The number of rotatable bonds is 9. The number of aromatic hydroxyl groups is 1. The van der Waals surface area contributed by atoms with Crippen molar-refractivity contribution in [2.24, 2.45) is 27.6 Å². The van der Waals surface area contributed by atoms with Crippen molar-refractivity contribution in [1.29, 1.82) is 0 Å². The fourth-order valence-electron chi connectivity index (χ4n) is 4.38. The summed E-state index contributed by atoms with van der Waals surface area (Å²) in [5.74, 6) is -6.64. The van der Waals surface area contributed by atoms with Crippen LogP contribution in [0.25, 0.3) is 0 Å². The van der Waals surface area contributed by atoms with E-state index in [0.29, 0.717) is 10.5 Å². The Bertz CT molecular complexity index is 1450. The number of dihydropyridines is 1. The molecule has 2 aromatic carbocycles. The quantitative estimate of drug-likeness (QED) is 0.334. The van der Waals surface area contributed by atoms with E-state index in [0.717, 1.165) is 12.1 Å². The predicted octanol–water partition coefficient (Wildman–Crippen LogP) is 2.20. The van der Waals surface area contributed by atoms with Crippen LogP contribution in [0.4, 0.5) is 18.9 Å². The van der Waals surface area contributed by atoms with Gasteiger partial charge in [0.15, 0.2) is 17.9 Å². The van der Waals surface area contributed by atoms with Gasteiger partial charge in [0.25, 0.3) is 0 Å². The van der Waals surface area contributed by atoms with E-state index >= 15 is 0 Å². The summed E-state index contributed by atoms with van der Waals surface area (Å²) in [6.07, 6.45) is -3.90. The number of alkyl halides is 3. The Kier molecular flexibility index (Phi) is 8.21. The fraction of sp³-hybridized carbons (Fsp3) is 0.259. The molecule has 214 valence electrons. The van der Waals surface area contributed by atoms with Gasteiger partial charge in [-0.1, -0.05) is 18.2 Å². The van der Waals surface area contributed by atoms with E-state index in [-0.39, 0.29) is 41.4 Å². The molecule has 14 heteroatoms. The molecule has 3 atom stereocenters. The van der Waals surface area contributed by atoms with E-state index in [1.54, 1.807) is 0 Å². The Morgan fingerprint density at radius 1 is 1.07 bits per heavy atom. The van der Waals surface area contributed by atoms with Gasteiger partial charge in [-0.3, -0.25) is 29.5 Å². The summed E-state index contributed by atoms with van der Waals surface area (Å²) in [7, 11) is 0. The minimum atomic E-state index is -5.23. The van der Waals surface area contributed by atoms with Crippen molar-refractivity contribution in [3.05, 3.63) is 71.3 Å². The molecule has 2 amide bonds. The van der Waals surface area contributed by atoms with Gasteiger partial charge in [0, 0.05) is 23.9 Å². The number of aliphatic imine (C=N–C) groups is 2. The zero-order valence-electron chi connectivity index (χ0n) is 21.2. The van der Waals surface area contributed by atoms with E-state index in [1.165, 1.54) is 48.7 Å². The van der Waals surface area contributed by atoms with E-state index < -0.39 is 54.3 Å². The number of hydrogen-bond acceptors (Lipinski definition) is 8. The molecular formula is C27H24F3N5O6. The van der Waals surface area contributed by atoms with Crippen molar-refractivity contribution in [3.63, 3.8) is 0 Å². The molecule has 11 nitrogen and oxygen atoms in total. The minimum Gasteiger partial charge on any atom is -0.508 e. The summed E-state index contributed by atoms with van der Waals surface area (Å²) < 4.78 is 40.4. The maximum absolute atomic E-state index is 13.5. The third-order valence-corrected chi connectivity index (χ3v) is 6.46. The third kappa shape index (κ3) is 6.96. The van der Waals surface area contributed by atoms with Gasteiger partial charge in [-0.2, -0.15) is 13.2 Å². The maximum Gasteiger partial charge on any atom is 0.471 e. The largest absolute Gasteiger partial charge is 0.508 e. The number of fused-ring (bicyclic) bond motifs is 1. The first-order valence-corrected chi connectivity index (χ1v) is 12.2. The van der Waals surface area contributed by atoms with Gasteiger partial charge in [-0.05, 0) is 54.0 Å². The second-order valence-corrected chi connectivity index (χ2v) is 9.43. The van der Waals surface area contributed by atoms with Crippen LogP contribution < -0.4 is 16.0 Å². The summed E-state index contributed by atoms with van der Waals surface area (Å²) in [5, 5.41) is 21.3. The van der Waals surface area contributed by atoms with Crippen molar-refractivity contribution in [2.75, 3.05) is 11.4 Å². The van der Waals surface area contributed by atoms with Gasteiger partial charge >= 0.3 is 18.1 Å². The smallest absolute Gasteiger partial charge is 0.471 e. The molecule has 2 aliphatic heterocycles. The molecule has 4 rings (SSSR count). The van der Waals surface area contributed by atoms with Crippen LogP contribution in [0.1, 0.15) is 22.3 Å². The molecule has 0 bridgehead atoms. The highest BCUT2D eigenvalue weighted by atomic mass is 19.4. The Morgan fingerprint density at radius 2 is 1.73 bits per heavy atom. The summed E-state index contributed by atoms with van der Waals surface area (Å²) in [5.41, 5.74) is 6.10. The number of halogens is 3.